The van der Waals surface area contributed by atoms with Gasteiger partial charge in [0.15, 0.2) is 6.10 Å². The molecule has 4 rings (SSSR count). The zero-order chi connectivity index (χ0) is 20.2. The minimum Gasteiger partial charge on any atom is -0.445 e. The maximum absolute atomic E-state index is 13.4. The number of benzene rings is 3. The van der Waals surface area contributed by atoms with Crippen molar-refractivity contribution in [2.75, 3.05) is 0 Å². The van der Waals surface area contributed by atoms with Gasteiger partial charge >= 0.3 is 5.97 Å². The van der Waals surface area contributed by atoms with Crippen molar-refractivity contribution in [2.24, 2.45) is 0 Å². The van der Waals surface area contributed by atoms with Gasteiger partial charge in [0.05, 0.1) is 17.2 Å². The van der Waals surface area contributed by atoms with E-state index in [1.807, 2.05) is 36.4 Å². The molecule has 5 heteroatoms. The molecule has 0 saturated heterocycles. The molecule has 1 aromatic heterocycles. The first kappa shape index (κ1) is 18.2. The van der Waals surface area contributed by atoms with Crippen LogP contribution in [0.4, 0.5) is 0 Å². The number of carbonyl (C=O) groups is 2. The Hall–Kier alpha value is -4.17. The number of hydrogen-bond acceptors (Lipinski definition) is 4. The Kier molecular flexibility index (Phi) is 4.91. The number of hydrogen-bond donors (Lipinski definition) is 1. The van der Waals surface area contributed by atoms with Gasteiger partial charge in [0, 0.05) is 28.2 Å². The van der Waals surface area contributed by atoms with E-state index in [4.69, 9.17) is 10.00 Å². The van der Waals surface area contributed by atoms with Gasteiger partial charge in [0.2, 0.25) is 5.78 Å². The van der Waals surface area contributed by atoms with E-state index >= 15 is 0 Å². The second kappa shape index (κ2) is 7.83. The van der Waals surface area contributed by atoms with Gasteiger partial charge < -0.3 is 9.72 Å². The highest BCUT2D eigenvalue weighted by atomic mass is 16.5. The van der Waals surface area contributed by atoms with Gasteiger partial charge in [0.25, 0.3) is 0 Å². The largest absolute Gasteiger partial charge is 0.445 e. The molecule has 0 radical (unpaired) electrons. The van der Waals surface area contributed by atoms with Crippen molar-refractivity contribution in [1.82, 2.24) is 4.98 Å². The number of H-pyrrole nitrogens is 1. The normalized spacial score (nSPS) is 11.6. The third kappa shape index (κ3) is 3.64. The Morgan fingerprint density at radius 3 is 2.48 bits per heavy atom. The third-order valence-electron chi connectivity index (χ3n) is 4.65. The van der Waals surface area contributed by atoms with Gasteiger partial charge in [-0.05, 0) is 24.3 Å². The molecule has 0 amide bonds. The first-order valence-corrected chi connectivity index (χ1v) is 9.04. The van der Waals surface area contributed by atoms with Crippen LogP contribution in [0.3, 0.4) is 0 Å². The third-order valence-corrected chi connectivity index (χ3v) is 4.65. The Morgan fingerprint density at radius 2 is 1.69 bits per heavy atom. The Morgan fingerprint density at radius 1 is 0.931 bits per heavy atom. The number of nitriles is 1. The molecule has 140 valence electrons. The summed E-state index contributed by atoms with van der Waals surface area (Å²) in [7, 11) is 0. The summed E-state index contributed by atoms with van der Waals surface area (Å²) in [5.41, 5.74) is 2.42. The average Bonchev–Trinajstić information content (AvgIpc) is 3.21. The molecule has 1 N–H and O–H groups in total. The molecule has 0 aliphatic carbocycles. The Balaban J connectivity index is 1.71. The summed E-state index contributed by atoms with van der Waals surface area (Å²) in [6.45, 7) is 0. The first-order chi connectivity index (χ1) is 14.2. The lowest BCUT2D eigenvalue weighted by atomic mass is 9.99. The molecule has 29 heavy (non-hydrogen) atoms. The van der Waals surface area contributed by atoms with Crippen LogP contribution in [0.5, 0.6) is 0 Å². The molecule has 4 aromatic rings. The highest BCUT2D eigenvalue weighted by Crippen LogP contribution is 2.28. The Labute approximate surface area is 167 Å². The van der Waals surface area contributed by atoms with Gasteiger partial charge in [-0.25, -0.2) is 4.79 Å². The number of nitrogens with one attached hydrogen (secondary N) is 1. The monoisotopic (exact) mass is 380 g/mol. The van der Waals surface area contributed by atoms with E-state index in [0.29, 0.717) is 16.7 Å². The average molecular weight is 380 g/mol. The van der Waals surface area contributed by atoms with E-state index in [-0.39, 0.29) is 11.3 Å². The summed E-state index contributed by atoms with van der Waals surface area (Å²) < 4.78 is 5.64. The number of esters is 1. The minimum atomic E-state index is -1.10. The molecular weight excluding hydrogens is 364 g/mol. The quantitative estimate of drug-likeness (QED) is 0.397. The predicted octanol–water partition coefficient (Wildman–Crippen LogP) is 4.82. The molecule has 0 aliphatic heterocycles. The predicted molar refractivity (Wildman–Crippen MR) is 108 cm³/mol. The van der Waals surface area contributed by atoms with Crippen molar-refractivity contribution in [3.8, 4) is 6.07 Å². The van der Waals surface area contributed by atoms with E-state index in [1.165, 1.54) is 6.07 Å². The van der Waals surface area contributed by atoms with Crippen molar-refractivity contribution in [1.29, 1.82) is 5.26 Å². The molecular formula is C24H16N2O3. The smallest absolute Gasteiger partial charge is 0.339 e. The van der Waals surface area contributed by atoms with Crippen molar-refractivity contribution in [2.45, 2.75) is 6.10 Å². The number of ketones is 1. The summed E-state index contributed by atoms with van der Waals surface area (Å²) in [6, 6.07) is 24.5. The molecule has 1 heterocycles. The van der Waals surface area contributed by atoms with Gasteiger partial charge in [-0.15, -0.1) is 0 Å². The van der Waals surface area contributed by atoms with Crippen LogP contribution in [0.15, 0.2) is 85.1 Å². The highest BCUT2D eigenvalue weighted by Gasteiger charge is 2.28. The second-order valence-electron chi connectivity index (χ2n) is 6.50. The fourth-order valence-corrected chi connectivity index (χ4v) is 3.21. The molecule has 0 aliphatic rings. The SMILES string of the molecule is N#Cc1cccc(C(=O)O[C@@H](C(=O)c2c[nH]c3ccccc23)c2ccccc2)c1. The number of fused-ring (bicyclic) bond motifs is 1. The summed E-state index contributed by atoms with van der Waals surface area (Å²) in [5, 5.41) is 9.82. The van der Waals surface area contributed by atoms with Crippen LogP contribution in [0.1, 0.15) is 37.9 Å². The molecule has 3 aromatic carbocycles. The number of carbonyl (C=O) groups excluding carboxylic acids is 2. The van der Waals surface area contributed by atoms with Gasteiger partial charge in [0.1, 0.15) is 0 Å². The number of aromatic nitrogens is 1. The lowest BCUT2D eigenvalue weighted by Gasteiger charge is -2.17. The second-order valence-corrected chi connectivity index (χ2v) is 6.50. The van der Waals surface area contributed by atoms with Crippen LogP contribution in [-0.4, -0.2) is 16.7 Å². The van der Waals surface area contributed by atoms with Crippen LogP contribution in [-0.2, 0) is 4.74 Å². The van der Waals surface area contributed by atoms with Crippen molar-refractivity contribution < 1.29 is 14.3 Å². The lowest BCUT2D eigenvalue weighted by Crippen LogP contribution is -2.20. The maximum atomic E-state index is 13.4. The molecule has 5 nitrogen and oxygen atoms in total. The minimum absolute atomic E-state index is 0.219. The molecule has 0 spiro atoms. The Bertz CT molecular complexity index is 1240. The number of ether oxygens (including phenoxy) is 1. The van der Waals surface area contributed by atoms with Crippen LogP contribution < -0.4 is 0 Å². The van der Waals surface area contributed by atoms with E-state index in [0.717, 1.165) is 10.9 Å². The van der Waals surface area contributed by atoms with E-state index in [2.05, 4.69) is 4.98 Å². The molecule has 0 saturated carbocycles. The standard InChI is InChI=1S/C24H16N2O3/c25-14-16-7-6-10-18(13-16)24(28)29-23(17-8-2-1-3-9-17)22(27)20-15-26-21-12-5-4-11-19(20)21/h1-13,15,23,26H/t23-/m1/s1. The van der Waals surface area contributed by atoms with Crippen LogP contribution >= 0.6 is 0 Å². The fraction of sp³-hybridized carbons (Fsp3) is 0.0417. The van der Waals surface area contributed by atoms with Crippen LogP contribution in [0.25, 0.3) is 10.9 Å². The van der Waals surface area contributed by atoms with Crippen molar-refractivity contribution >= 4 is 22.7 Å². The summed E-state index contributed by atoms with van der Waals surface area (Å²) in [4.78, 5) is 29.2. The molecule has 1 atom stereocenters. The summed E-state index contributed by atoms with van der Waals surface area (Å²) in [6.07, 6.45) is 0.529. The summed E-state index contributed by atoms with van der Waals surface area (Å²) in [5.74, 6) is -0.984. The van der Waals surface area contributed by atoms with Crippen molar-refractivity contribution in [3.63, 3.8) is 0 Å². The first-order valence-electron chi connectivity index (χ1n) is 9.04. The maximum Gasteiger partial charge on any atom is 0.339 e. The zero-order valence-corrected chi connectivity index (χ0v) is 15.3. The van der Waals surface area contributed by atoms with E-state index < -0.39 is 12.1 Å². The van der Waals surface area contributed by atoms with Gasteiger partial charge in [-0.1, -0.05) is 54.6 Å². The number of rotatable bonds is 5. The van der Waals surface area contributed by atoms with Crippen LogP contribution in [0.2, 0.25) is 0 Å². The number of Topliss-reactive ketones (excluding diaryl/α,β-unsaturated/α-hetero) is 1. The fourth-order valence-electron chi connectivity index (χ4n) is 3.21. The molecule has 0 bridgehead atoms. The molecule has 0 fully saturated rings. The van der Waals surface area contributed by atoms with Crippen molar-refractivity contribution in [3.05, 3.63) is 107 Å². The van der Waals surface area contributed by atoms with Gasteiger partial charge in [-0.3, -0.25) is 4.79 Å². The van der Waals surface area contributed by atoms with Gasteiger partial charge in [-0.2, -0.15) is 5.26 Å². The number of aromatic amines is 1. The summed E-state index contributed by atoms with van der Waals surface area (Å²) >= 11 is 0. The number of para-hydroxylation sites is 1. The zero-order valence-electron chi connectivity index (χ0n) is 15.3. The molecule has 0 unspecified atom stereocenters. The highest BCUT2D eigenvalue weighted by molar-refractivity contribution is 6.11. The van der Waals surface area contributed by atoms with E-state index in [1.54, 1.807) is 48.7 Å². The number of nitrogens with zero attached hydrogens (tertiary/aromatic N) is 1. The van der Waals surface area contributed by atoms with Crippen LogP contribution in [0, 0.1) is 11.3 Å². The van der Waals surface area contributed by atoms with E-state index in [9.17, 15) is 9.59 Å². The lowest BCUT2D eigenvalue weighted by molar-refractivity contribution is 0.0280. The topological polar surface area (TPSA) is 82.9 Å².